The number of rotatable bonds is 8. The summed E-state index contributed by atoms with van der Waals surface area (Å²) in [6, 6.07) is 8.66. The van der Waals surface area contributed by atoms with Crippen LogP contribution in [0.25, 0.3) is 0 Å². The molecule has 0 radical (unpaired) electrons. The van der Waals surface area contributed by atoms with Crippen LogP contribution in [0.2, 0.25) is 18.1 Å². The minimum Gasteiger partial charge on any atom is -0.465 e. The van der Waals surface area contributed by atoms with Gasteiger partial charge in [0.05, 0.1) is 0 Å². The zero-order valence-corrected chi connectivity index (χ0v) is 16.8. The van der Waals surface area contributed by atoms with E-state index in [2.05, 4.69) is 44.5 Å². The van der Waals surface area contributed by atoms with Crippen LogP contribution in [0.15, 0.2) is 30.3 Å². The predicted molar refractivity (Wildman–Crippen MR) is 101 cm³/mol. The van der Waals surface area contributed by atoms with Crippen molar-refractivity contribution in [1.82, 2.24) is 10.6 Å². The SMILES string of the molecule is CC(C)(C)[Si](C)(C)OCCC(NC(=O)O)C(=O)NCc1ccccc1. The Morgan fingerprint density at radius 1 is 1.20 bits per heavy atom. The second-order valence-electron chi connectivity index (χ2n) is 7.60. The molecule has 140 valence electrons. The highest BCUT2D eigenvalue weighted by molar-refractivity contribution is 6.74. The fourth-order valence-corrected chi connectivity index (χ4v) is 3.04. The molecule has 6 nitrogen and oxygen atoms in total. The lowest BCUT2D eigenvalue weighted by Crippen LogP contribution is -2.48. The molecule has 0 fully saturated rings. The van der Waals surface area contributed by atoms with Crippen LogP contribution in [0.3, 0.4) is 0 Å². The fraction of sp³-hybridized carbons (Fsp3) is 0.556. The van der Waals surface area contributed by atoms with E-state index in [1.165, 1.54) is 0 Å². The van der Waals surface area contributed by atoms with E-state index in [9.17, 15) is 9.59 Å². The van der Waals surface area contributed by atoms with Crippen molar-refractivity contribution in [2.24, 2.45) is 0 Å². The van der Waals surface area contributed by atoms with Gasteiger partial charge in [0.25, 0.3) is 0 Å². The van der Waals surface area contributed by atoms with E-state index in [0.717, 1.165) is 5.56 Å². The average Bonchev–Trinajstić information content (AvgIpc) is 2.51. The summed E-state index contributed by atoms with van der Waals surface area (Å²) in [4.78, 5) is 23.3. The Balaban J connectivity index is 2.58. The van der Waals surface area contributed by atoms with E-state index < -0.39 is 20.5 Å². The maximum absolute atomic E-state index is 12.3. The van der Waals surface area contributed by atoms with Gasteiger partial charge in [-0.3, -0.25) is 4.79 Å². The van der Waals surface area contributed by atoms with E-state index in [1.54, 1.807) is 0 Å². The van der Waals surface area contributed by atoms with Crippen molar-refractivity contribution in [2.75, 3.05) is 6.61 Å². The molecule has 0 bridgehead atoms. The summed E-state index contributed by atoms with van der Waals surface area (Å²) in [5, 5.41) is 14.1. The lowest BCUT2D eigenvalue weighted by Gasteiger charge is -2.36. The van der Waals surface area contributed by atoms with Gasteiger partial charge in [0.15, 0.2) is 8.32 Å². The number of carbonyl (C=O) groups excluding carboxylic acids is 1. The van der Waals surface area contributed by atoms with Crippen molar-refractivity contribution in [2.45, 2.75) is 57.9 Å². The van der Waals surface area contributed by atoms with Gasteiger partial charge in [0, 0.05) is 13.2 Å². The zero-order valence-electron chi connectivity index (χ0n) is 15.8. The molecule has 0 saturated carbocycles. The fourth-order valence-electron chi connectivity index (χ4n) is 1.97. The number of amides is 2. The van der Waals surface area contributed by atoms with E-state index >= 15 is 0 Å². The molecule has 1 rings (SSSR count). The maximum atomic E-state index is 12.3. The molecule has 0 aromatic heterocycles. The van der Waals surface area contributed by atoms with Crippen LogP contribution in [0.5, 0.6) is 0 Å². The summed E-state index contributed by atoms with van der Waals surface area (Å²) in [7, 11) is -1.92. The summed E-state index contributed by atoms with van der Waals surface area (Å²) >= 11 is 0. The first-order chi connectivity index (χ1) is 11.5. The molecule has 1 unspecified atom stereocenters. The maximum Gasteiger partial charge on any atom is 0.405 e. The molecule has 0 spiro atoms. The Hall–Kier alpha value is -1.86. The Kier molecular flexibility index (Phi) is 7.63. The minimum absolute atomic E-state index is 0.0677. The van der Waals surface area contributed by atoms with E-state index in [4.69, 9.17) is 9.53 Å². The van der Waals surface area contributed by atoms with Gasteiger partial charge in [-0.05, 0) is 30.1 Å². The third kappa shape index (κ3) is 7.27. The summed E-state index contributed by atoms with van der Waals surface area (Å²) in [5.74, 6) is -0.343. The molecule has 0 aliphatic carbocycles. The predicted octanol–water partition coefficient (Wildman–Crippen LogP) is 3.35. The summed E-state index contributed by atoms with van der Waals surface area (Å²) in [6.45, 7) is 11.4. The number of benzene rings is 1. The molecular weight excluding hydrogens is 336 g/mol. The number of carboxylic acid groups (broad SMARTS) is 1. The van der Waals surface area contributed by atoms with Crippen LogP contribution in [-0.2, 0) is 15.8 Å². The number of carbonyl (C=O) groups is 2. The summed E-state index contributed by atoms with van der Waals surface area (Å²) in [6.07, 6.45) is -0.911. The van der Waals surface area contributed by atoms with Crippen LogP contribution >= 0.6 is 0 Å². The van der Waals surface area contributed by atoms with Gasteiger partial charge in [0.2, 0.25) is 5.91 Å². The summed E-state index contributed by atoms with van der Waals surface area (Å²) < 4.78 is 6.04. The molecule has 7 heteroatoms. The molecule has 0 aliphatic rings. The first kappa shape index (κ1) is 21.2. The van der Waals surface area contributed by atoms with Crippen molar-refractivity contribution in [1.29, 1.82) is 0 Å². The van der Waals surface area contributed by atoms with Gasteiger partial charge < -0.3 is 20.2 Å². The van der Waals surface area contributed by atoms with Crippen molar-refractivity contribution in [3.05, 3.63) is 35.9 Å². The number of hydrogen-bond acceptors (Lipinski definition) is 3. The van der Waals surface area contributed by atoms with Gasteiger partial charge in [0.1, 0.15) is 6.04 Å². The quantitative estimate of drug-likeness (QED) is 0.616. The van der Waals surface area contributed by atoms with Gasteiger partial charge >= 0.3 is 6.09 Å². The molecule has 0 heterocycles. The van der Waals surface area contributed by atoms with Crippen molar-refractivity contribution < 1.29 is 19.1 Å². The first-order valence-corrected chi connectivity index (χ1v) is 11.4. The van der Waals surface area contributed by atoms with Gasteiger partial charge in [-0.2, -0.15) is 0 Å². The van der Waals surface area contributed by atoms with Crippen molar-refractivity contribution in [3.63, 3.8) is 0 Å². The smallest absolute Gasteiger partial charge is 0.405 e. The van der Waals surface area contributed by atoms with E-state index in [1.807, 2.05) is 30.3 Å². The Morgan fingerprint density at radius 3 is 2.32 bits per heavy atom. The highest BCUT2D eigenvalue weighted by Crippen LogP contribution is 2.36. The van der Waals surface area contributed by atoms with Gasteiger partial charge in [-0.1, -0.05) is 51.1 Å². The van der Waals surface area contributed by atoms with Gasteiger partial charge in [-0.25, -0.2) is 4.79 Å². The monoisotopic (exact) mass is 366 g/mol. The molecule has 3 N–H and O–H groups in total. The normalized spacial score (nSPS) is 13.2. The Labute approximate surface area is 151 Å². The molecule has 0 aliphatic heterocycles. The summed E-state index contributed by atoms with van der Waals surface area (Å²) in [5.41, 5.74) is 0.961. The van der Waals surface area contributed by atoms with Gasteiger partial charge in [-0.15, -0.1) is 0 Å². The molecule has 1 aromatic carbocycles. The minimum atomic E-state index is -1.92. The van der Waals surface area contributed by atoms with Crippen LogP contribution in [0.1, 0.15) is 32.8 Å². The Bertz CT molecular complexity index is 570. The lowest BCUT2D eigenvalue weighted by molar-refractivity contribution is -0.123. The van der Waals surface area contributed by atoms with Crippen LogP contribution in [0, 0.1) is 0 Å². The van der Waals surface area contributed by atoms with Crippen LogP contribution in [-0.4, -0.2) is 38.1 Å². The molecular formula is C18H30N2O4Si. The van der Waals surface area contributed by atoms with E-state index in [0.29, 0.717) is 19.6 Å². The molecule has 25 heavy (non-hydrogen) atoms. The highest BCUT2D eigenvalue weighted by atomic mass is 28.4. The lowest BCUT2D eigenvalue weighted by atomic mass is 10.2. The number of nitrogens with one attached hydrogen (secondary N) is 2. The molecule has 1 aromatic rings. The van der Waals surface area contributed by atoms with Crippen LogP contribution in [0.4, 0.5) is 4.79 Å². The Morgan fingerprint density at radius 2 is 1.80 bits per heavy atom. The first-order valence-electron chi connectivity index (χ1n) is 8.48. The average molecular weight is 367 g/mol. The highest BCUT2D eigenvalue weighted by Gasteiger charge is 2.37. The second-order valence-corrected chi connectivity index (χ2v) is 12.4. The van der Waals surface area contributed by atoms with Crippen molar-refractivity contribution in [3.8, 4) is 0 Å². The van der Waals surface area contributed by atoms with E-state index in [-0.39, 0.29) is 10.9 Å². The topological polar surface area (TPSA) is 87.7 Å². The zero-order chi connectivity index (χ0) is 19.1. The standard InChI is InChI=1S/C18H30N2O4Si/c1-18(2,3)25(4,5)24-12-11-15(20-17(22)23)16(21)19-13-14-9-7-6-8-10-14/h6-10,15,20H,11-13H2,1-5H3,(H,19,21)(H,22,23). The number of hydrogen-bond donors (Lipinski definition) is 3. The third-order valence-corrected chi connectivity index (χ3v) is 9.14. The molecule has 1 atom stereocenters. The molecule has 2 amide bonds. The largest absolute Gasteiger partial charge is 0.465 e. The second kappa shape index (κ2) is 9.01. The molecule has 0 saturated heterocycles. The third-order valence-electron chi connectivity index (χ3n) is 4.60. The van der Waals surface area contributed by atoms with Crippen molar-refractivity contribution >= 4 is 20.3 Å². The van der Waals surface area contributed by atoms with Crippen LogP contribution < -0.4 is 10.6 Å².